The van der Waals surface area contributed by atoms with Crippen LogP contribution in [0.3, 0.4) is 0 Å². The molecule has 0 aliphatic carbocycles. The summed E-state index contributed by atoms with van der Waals surface area (Å²) in [5.41, 5.74) is 0.393. The molecule has 0 heterocycles. The first-order valence-corrected chi connectivity index (χ1v) is 7.58. The van der Waals surface area contributed by atoms with Gasteiger partial charge in [-0.1, -0.05) is 43.8 Å². The minimum atomic E-state index is -0.519. The lowest BCUT2D eigenvalue weighted by Crippen LogP contribution is -2.45. The number of benzene rings is 1. The molecule has 1 atom stereocenters. The van der Waals surface area contributed by atoms with E-state index in [1.807, 2.05) is 51.1 Å². The zero-order chi connectivity index (χ0) is 15.9. The van der Waals surface area contributed by atoms with Gasteiger partial charge in [-0.05, 0) is 39.3 Å². The van der Waals surface area contributed by atoms with E-state index < -0.39 is 11.7 Å². The Labute approximate surface area is 132 Å². The fraction of sp³-hybridized carbons (Fsp3) is 0.500. The molecule has 1 rings (SSSR count). The summed E-state index contributed by atoms with van der Waals surface area (Å²) >= 11 is 5.40. The molecule has 1 amide bonds. The minimum Gasteiger partial charge on any atom is -0.444 e. The van der Waals surface area contributed by atoms with Crippen molar-refractivity contribution < 1.29 is 9.53 Å². The van der Waals surface area contributed by atoms with Crippen molar-refractivity contribution in [2.75, 3.05) is 5.32 Å². The number of para-hydroxylation sites is 1. The van der Waals surface area contributed by atoms with Crippen LogP contribution in [0.5, 0.6) is 0 Å². The number of alkyl carbamates (subject to hydrolysis) is 1. The Hall–Kier alpha value is -1.62. The fourth-order valence-electron chi connectivity index (χ4n) is 1.76. The summed E-state index contributed by atoms with van der Waals surface area (Å²) in [5, 5.41) is 5.99. The molecule has 0 aliphatic heterocycles. The second kappa shape index (κ2) is 7.98. The number of rotatable bonds is 5. The van der Waals surface area contributed by atoms with Gasteiger partial charge in [-0.2, -0.15) is 0 Å². The topological polar surface area (TPSA) is 50.4 Å². The molecule has 21 heavy (non-hydrogen) atoms. The van der Waals surface area contributed by atoms with Crippen molar-refractivity contribution in [3.63, 3.8) is 0 Å². The molecule has 4 nitrogen and oxygen atoms in total. The van der Waals surface area contributed by atoms with Crippen molar-refractivity contribution in [1.82, 2.24) is 5.32 Å². The highest BCUT2D eigenvalue weighted by Gasteiger charge is 2.21. The van der Waals surface area contributed by atoms with Gasteiger partial charge in [0, 0.05) is 5.69 Å². The van der Waals surface area contributed by atoms with Crippen LogP contribution in [0.15, 0.2) is 30.3 Å². The molecule has 5 heteroatoms. The van der Waals surface area contributed by atoms with E-state index in [9.17, 15) is 4.79 Å². The number of carbonyl (C=O) groups is 1. The normalized spacial score (nSPS) is 12.4. The first-order valence-electron chi connectivity index (χ1n) is 7.17. The van der Waals surface area contributed by atoms with Crippen LogP contribution >= 0.6 is 12.2 Å². The van der Waals surface area contributed by atoms with Gasteiger partial charge >= 0.3 is 6.09 Å². The summed E-state index contributed by atoms with van der Waals surface area (Å²) in [6.45, 7) is 7.56. The smallest absolute Gasteiger partial charge is 0.408 e. The third-order valence-corrected chi connectivity index (χ3v) is 3.01. The number of anilines is 1. The number of nitrogens with one attached hydrogen (secondary N) is 2. The van der Waals surface area contributed by atoms with Crippen LogP contribution < -0.4 is 10.6 Å². The first kappa shape index (κ1) is 17.4. The number of hydrogen-bond donors (Lipinski definition) is 2. The largest absolute Gasteiger partial charge is 0.444 e. The molecule has 116 valence electrons. The lowest BCUT2D eigenvalue weighted by Gasteiger charge is -2.24. The van der Waals surface area contributed by atoms with Gasteiger partial charge in [0.15, 0.2) is 0 Å². The van der Waals surface area contributed by atoms with Gasteiger partial charge in [0.2, 0.25) is 0 Å². The maximum Gasteiger partial charge on any atom is 0.408 e. The Kier molecular flexibility index (Phi) is 6.62. The van der Waals surface area contributed by atoms with E-state index in [4.69, 9.17) is 17.0 Å². The number of carbonyl (C=O) groups excluding carboxylic acids is 1. The first-order chi connectivity index (χ1) is 9.81. The second-order valence-corrected chi connectivity index (χ2v) is 6.28. The van der Waals surface area contributed by atoms with Gasteiger partial charge < -0.3 is 15.4 Å². The molecule has 0 saturated carbocycles. The van der Waals surface area contributed by atoms with Crippen molar-refractivity contribution in [2.24, 2.45) is 0 Å². The third-order valence-electron chi connectivity index (χ3n) is 2.63. The number of thiocarbonyl (C=S) groups is 1. The van der Waals surface area contributed by atoms with Gasteiger partial charge in [-0.25, -0.2) is 4.79 Å². The summed E-state index contributed by atoms with van der Waals surface area (Å²) in [5.74, 6) is 0. The predicted molar refractivity (Wildman–Crippen MR) is 90.7 cm³/mol. The molecular weight excluding hydrogens is 284 g/mol. The van der Waals surface area contributed by atoms with Crippen molar-refractivity contribution >= 4 is 29.0 Å². The molecule has 0 spiro atoms. The fourth-order valence-corrected chi connectivity index (χ4v) is 2.05. The van der Waals surface area contributed by atoms with Crippen LogP contribution in [0.25, 0.3) is 0 Å². The average molecular weight is 308 g/mol. The number of hydrogen-bond acceptors (Lipinski definition) is 3. The average Bonchev–Trinajstić information content (AvgIpc) is 2.37. The molecule has 0 aromatic heterocycles. The quantitative estimate of drug-likeness (QED) is 0.803. The van der Waals surface area contributed by atoms with Crippen molar-refractivity contribution in [3.05, 3.63) is 30.3 Å². The summed E-state index contributed by atoms with van der Waals surface area (Å²) in [4.78, 5) is 12.5. The zero-order valence-corrected chi connectivity index (χ0v) is 13.9. The Morgan fingerprint density at radius 1 is 1.29 bits per heavy atom. The third kappa shape index (κ3) is 7.09. The highest BCUT2D eigenvalue weighted by molar-refractivity contribution is 7.80. The zero-order valence-electron chi connectivity index (χ0n) is 13.1. The number of amides is 1. The van der Waals surface area contributed by atoms with E-state index in [0.29, 0.717) is 4.99 Å². The van der Waals surface area contributed by atoms with Crippen LogP contribution in [0.2, 0.25) is 0 Å². The van der Waals surface area contributed by atoms with E-state index in [1.54, 1.807) is 0 Å². The molecule has 1 aromatic rings. The van der Waals surface area contributed by atoms with Crippen LogP contribution in [-0.4, -0.2) is 22.7 Å². The van der Waals surface area contributed by atoms with Crippen LogP contribution in [0.4, 0.5) is 10.5 Å². The molecule has 2 N–H and O–H groups in total. The van der Waals surface area contributed by atoms with E-state index in [2.05, 4.69) is 17.6 Å². The predicted octanol–water partition coefficient (Wildman–Crippen LogP) is 4.12. The maximum absolute atomic E-state index is 11.9. The summed E-state index contributed by atoms with van der Waals surface area (Å²) in [6, 6.07) is 9.43. The van der Waals surface area contributed by atoms with Gasteiger partial charge in [-0.3, -0.25) is 0 Å². The standard InChI is InChI=1S/C16H24N2O2S/c1-5-9-13(18-15(19)20-16(2,3)4)14(21)17-12-10-7-6-8-11-12/h6-8,10-11,13H,5,9H2,1-4H3,(H,17,21)(H,18,19)/t13-/m0/s1. The Morgan fingerprint density at radius 2 is 1.90 bits per heavy atom. The molecular formula is C16H24N2O2S. The summed E-state index contributed by atoms with van der Waals surface area (Å²) < 4.78 is 5.28. The minimum absolute atomic E-state index is 0.236. The van der Waals surface area contributed by atoms with E-state index in [1.165, 1.54) is 0 Å². The molecule has 0 fully saturated rings. The van der Waals surface area contributed by atoms with Gasteiger partial charge in [0.25, 0.3) is 0 Å². The lowest BCUT2D eigenvalue weighted by molar-refractivity contribution is 0.0517. The number of ether oxygens (including phenoxy) is 1. The lowest BCUT2D eigenvalue weighted by atomic mass is 10.1. The molecule has 1 aromatic carbocycles. The Bertz CT molecular complexity index is 469. The monoisotopic (exact) mass is 308 g/mol. The highest BCUT2D eigenvalue weighted by atomic mass is 32.1. The summed E-state index contributed by atoms with van der Waals surface area (Å²) in [7, 11) is 0. The van der Waals surface area contributed by atoms with Gasteiger partial charge in [0.05, 0.1) is 6.04 Å². The van der Waals surface area contributed by atoms with Crippen molar-refractivity contribution in [2.45, 2.75) is 52.2 Å². The Morgan fingerprint density at radius 3 is 2.43 bits per heavy atom. The Balaban J connectivity index is 2.63. The SMILES string of the molecule is CCC[C@H](NC(=O)OC(C)(C)C)C(=S)Nc1ccccc1. The van der Waals surface area contributed by atoms with Crippen molar-refractivity contribution in [3.8, 4) is 0 Å². The highest BCUT2D eigenvalue weighted by Crippen LogP contribution is 2.11. The van der Waals surface area contributed by atoms with Crippen molar-refractivity contribution in [1.29, 1.82) is 0 Å². The second-order valence-electron chi connectivity index (χ2n) is 5.84. The van der Waals surface area contributed by atoms with Crippen LogP contribution in [0, 0.1) is 0 Å². The molecule has 0 unspecified atom stereocenters. The van der Waals surface area contributed by atoms with Crippen LogP contribution in [0.1, 0.15) is 40.5 Å². The summed E-state index contributed by atoms with van der Waals surface area (Å²) in [6.07, 6.45) is 1.23. The van der Waals surface area contributed by atoms with E-state index in [-0.39, 0.29) is 6.04 Å². The molecule has 0 saturated heterocycles. The van der Waals surface area contributed by atoms with E-state index in [0.717, 1.165) is 18.5 Å². The van der Waals surface area contributed by atoms with Gasteiger partial charge in [-0.15, -0.1) is 0 Å². The molecule has 0 bridgehead atoms. The maximum atomic E-state index is 11.9. The van der Waals surface area contributed by atoms with Gasteiger partial charge in [0.1, 0.15) is 10.6 Å². The van der Waals surface area contributed by atoms with Crippen LogP contribution in [-0.2, 0) is 4.74 Å². The van der Waals surface area contributed by atoms with E-state index >= 15 is 0 Å². The molecule has 0 radical (unpaired) electrons. The molecule has 0 aliphatic rings.